The lowest BCUT2D eigenvalue weighted by molar-refractivity contribution is 0.185. The van der Waals surface area contributed by atoms with Crippen molar-refractivity contribution in [3.63, 3.8) is 0 Å². The highest BCUT2D eigenvalue weighted by molar-refractivity contribution is 5.71. The van der Waals surface area contributed by atoms with Gasteiger partial charge in [-0.25, -0.2) is 9.97 Å². The van der Waals surface area contributed by atoms with E-state index in [9.17, 15) is 0 Å². The van der Waals surface area contributed by atoms with Gasteiger partial charge in [-0.1, -0.05) is 0 Å². The number of ether oxygens (including phenoxy) is 1. The summed E-state index contributed by atoms with van der Waals surface area (Å²) in [6.07, 6.45) is 6.54. The molecule has 21 heavy (non-hydrogen) atoms. The van der Waals surface area contributed by atoms with Crippen molar-refractivity contribution in [3.8, 4) is 0 Å². The highest BCUT2D eigenvalue weighted by Crippen LogP contribution is 2.22. The minimum Gasteiger partial charge on any atom is -0.381 e. The SMILES string of the molecule is c1cnc2c(c1)nc(CC1CCOC1)n2CC1CCCN1. The van der Waals surface area contributed by atoms with Crippen molar-refractivity contribution in [2.45, 2.75) is 38.3 Å². The lowest BCUT2D eigenvalue weighted by Crippen LogP contribution is -2.28. The first-order chi connectivity index (χ1) is 10.4. The summed E-state index contributed by atoms with van der Waals surface area (Å²) >= 11 is 0. The van der Waals surface area contributed by atoms with Gasteiger partial charge in [0.1, 0.15) is 11.3 Å². The molecule has 2 unspecified atom stereocenters. The molecule has 0 spiro atoms. The van der Waals surface area contributed by atoms with Crippen LogP contribution in [0.5, 0.6) is 0 Å². The molecule has 5 heteroatoms. The van der Waals surface area contributed by atoms with Crippen molar-refractivity contribution in [1.29, 1.82) is 0 Å². The van der Waals surface area contributed by atoms with E-state index in [1.165, 1.54) is 18.7 Å². The van der Waals surface area contributed by atoms with E-state index >= 15 is 0 Å². The van der Waals surface area contributed by atoms with E-state index < -0.39 is 0 Å². The Morgan fingerprint density at radius 2 is 2.38 bits per heavy atom. The molecule has 2 fully saturated rings. The maximum Gasteiger partial charge on any atom is 0.160 e. The molecule has 4 rings (SSSR count). The summed E-state index contributed by atoms with van der Waals surface area (Å²) in [5.41, 5.74) is 2.05. The van der Waals surface area contributed by atoms with Gasteiger partial charge in [-0.2, -0.15) is 0 Å². The van der Waals surface area contributed by atoms with E-state index in [0.29, 0.717) is 12.0 Å². The Balaban J connectivity index is 1.65. The van der Waals surface area contributed by atoms with Crippen LogP contribution in [0.3, 0.4) is 0 Å². The highest BCUT2D eigenvalue weighted by Gasteiger charge is 2.23. The standard InChI is InChI=1S/C16H22N4O/c1-3-13(17-6-1)10-20-15(9-12-5-8-21-11-12)19-14-4-2-7-18-16(14)20/h2,4,7,12-13,17H,1,3,5-6,8-11H2. The Labute approximate surface area is 124 Å². The zero-order chi connectivity index (χ0) is 14.1. The Morgan fingerprint density at radius 3 is 3.19 bits per heavy atom. The van der Waals surface area contributed by atoms with E-state index in [1.807, 2.05) is 12.3 Å². The number of imidazole rings is 1. The monoisotopic (exact) mass is 286 g/mol. The normalized spacial score (nSPS) is 25.9. The molecular formula is C16H22N4O. The van der Waals surface area contributed by atoms with Crippen molar-refractivity contribution < 1.29 is 4.74 Å². The summed E-state index contributed by atoms with van der Waals surface area (Å²) < 4.78 is 7.84. The van der Waals surface area contributed by atoms with Gasteiger partial charge in [0.05, 0.1) is 0 Å². The smallest absolute Gasteiger partial charge is 0.160 e. The number of hydrogen-bond donors (Lipinski definition) is 1. The molecule has 112 valence electrons. The minimum absolute atomic E-state index is 0.558. The second-order valence-corrected chi connectivity index (χ2v) is 6.21. The molecule has 2 aliphatic heterocycles. The van der Waals surface area contributed by atoms with Gasteiger partial charge in [-0.05, 0) is 43.9 Å². The van der Waals surface area contributed by atoms with Gasteiger partial charge in [-0.15, -0.1) is 0 Å². The Bertz CT molecular complexity index is 612. The summed E-state index contributed by atoms with van der Waals surface area (Å²) in [4.78, 5) is 9.40. The van der Waals surface area contributed by atoms with Crippen LogP contribution in [-0.2, 0) is 17.7 Å². The quantitative estimate of drug-likeness (QED) is 0.930. The van der Waals surface area contributed by atoms with Gasteiger partial charge < -0.3 is 14.6 Å². The summed E-state index contributed by atoms with van der Waals surface area (Å²) in [5.74, 6) is 1.78. The van der Waals surface area contributed by atoms with Crippen LogP contribution in [0.1, 0.15) is 25.1 Å². The molecule has 2 aromatic rings. The number of hydrogen-bond acceptors (Lipinski definition) is 4. The average Bonchev–Trinajstić information content (AvgIpc) is 3.23. The van der Waals surface area contributed by atoms with E-state index in [2.05, 4.69) is 20.9 Å². The molecule has 1 N–H and O–H groups in total. The molecule has 0 amide bonds. The van der Waals surface area contributed by atoms with Crippen LogP contribution < -0.4 is 5.32 Å². The van der Waals surface area contributed by atoms with E-state index in [1.54, 1.807) is 0 Å². The number of pyridine rings is 1. The van der Waals surface area contributed by atoms with Crippen LogP contribution in [-0.4, -0.2) is 40.3 Å². The van der Waals surface area contributed by atoms with Crippen molar-refractivity contribution in [2.75, 3.05) is 19.8 Å². The Morgan fingerprint density at radius 1 is 1.38 bits per heavy atom. The number of rotatable bonds is 4. The number of nitrogens with one attached hydrogen (secondary N) is 1. The van der Waals surface area contributed by atoms with E-state index in [4.69, 9.17) is 9.72 Å². The minimum atomic E-state index is 0.558. The molecule has 5 nitrogen and oxygen atoms in total. The van der Waals surface area contributed by atoms with Gasteiger partial charge >= 0.3 is 0 Å². The fourth-order valence-electron chi connectivity index (χ4n) is 3.49. The summed E-state index contributed by atoms with van der Waals surface area (Å²) in [6, 6.07) is 4.59. The zero-order valence-electron chi connectivity index (χ0n) is 12.3. The number of aromatic nitrogens is 3. The maximum atomic E-state index is 5.51. The molecule has 2 aliphatic rings. The molecule has 2 saturated heterocycles. The van der Waals surface area contributed by atoms with E-state index in [0.717, 1.165) is 50.3 Å². The average molecular weight is 286 g/mol. The molecule has 4 heterocycles. The summed E-state index contributed by atoms with van der Waals surface area (Å²) in [7, 11) is 0. The molecule has 0 saturated carbocycles. The van der Waals surface area contributed by atoms with Gasteiger partial charge in [0.2, 0.25) is 0 Å². The summed E-state index contributed by atoms with van der Waals surface area (Å²) in [6.45, 7) is 3.89. The molecule has 0 bridgehead atoms. The van der Waals surface area contributed by atoms with Crippen LogP contribution in [0.2, 0.25) is 0 Å². The zero-order valence-corrected chi connectivity index (χ0v) is 12.3. The third kappa shape index (κ3) is 2.68. The Kier molecular flexibility index (Phi) is 3.61. The molecule has 0 radical (unpaired) electrons. The Hall–Kier alpha value is -1.46. The largest absolute Gasteiger partial charge is 0.381 e. The fraction of sp³-hybridized carbons (Fsp3) is 0.625. The first-order valence-electron chi connectivity index (χ1n) is 8.01. The number of fused-ring (bicyclic) bond motifs is 1. The number of nitrogens with zero attached hydrogens (tertiary/aromatic N) is 3. The fourth-order valence-corrected chi connectivity index (χ4v) is 3.49. The summed E-state index contributed by atoms with van der Waals surface area (Å²) in [5, 5.41) is 3.58. The molecule has 0 aromatic carbocycles. The van der Waals surface area contributed by atoms with Crippen LogP contribution in [0, 0.1) is 5.92 Å². The molecule has 0 aliphatic carbocycles. The second kappa shape index (κ2) is 5.73. The predicted octanol–water partition coefficient (Wildman–Crippen LogP) is 1.76. The first kappa shape index (κ1) is 13.2. The molecule has 2 aromatic heterocycles. The van der Waals surface area contributed by atoms with Crippen LogP contribution in [0.15, 0.2) is 18.3 Å². The van der Waals surface area contributed by atoms with Gasteiger partial charge in [0, 0.05) is 38.4 Å². The first-order valence-corrected chi connectivity index (χ1v) is 8.01. The second-order valence-electron chi connectivity index (χ2n) is 6.21. The van der Waals surface area contributed by atoms with Gasteiger partial charge in [0.15, 0.2) is 5.65 Å². The van der Waals surface area contributed by atoms with E-state index in [-0.39, 0.29) is 0 Å². The van der Waals surface area contributed by atoms with Crippen LogP contribution in [0.4, 0.5) is 0 Å². The lowest BCUT2D eigenvalue weighted by Gasteiger charge is -2.15. The van der Waals surface area contributed by atoms with Crippen molar-refractivity contribution in [3.05, 3.63) is 24.2 Å². The molecular weight excluding hydrogens is 264 g/mol. The highest BCUT2D eigenvalue weighted by atomic mass is 16.5. The maximum absolute atomic E-state index is 5.51. The predicted molar refractivity (Wildman–Crippen MR) is 81.2 cm³/mol. The van der Waals surface area contributed by atoms with Gasteiger partial charge in [0.25, 0.3) is 0 Å². The van der Waals surface area contributed by atoms with Crippen LogP contribution >= 0.6 is 0 Å². The topological polar surface area (TPSA) is 52.0 Å². The van der Waals surface area contributed by atoms with Crippen molar-refractivity contribution >= 4 is 11.2 Å². The lowest BCUT2D eigenvalue weighted by atomic mass is 10.0. The van der Waals surface area contributed by atoms with Crippen molar-refractivity contribution in [1.82, 2.24) is 19.9 Å². The van der Waals surface area contributed by atoms with Gasteiger partial charge in [-0.3, -0.25) is 0 Å². The third-order valence-electron chi connectivity index (χ3n) is 4.64. The van der Waals surface area contributed by atoms with Crippen molar-refractivity contribution in [2.24, 2.45) is 5.92 Å². The van der Waals surface area contributed by atoms with Crippen LogP contribution in [0.25, 0.3) is 11.2 Å². The molecule has 2 atom stereocenters. The third-order valence-corrected chi connectivity index (χ3v) is 4.64.